The van der Waals surface area contributed by atoms with Crippen molar-refractivity contribution in [3.8, 4) is 0 Å². The summed E-state index contributed by atoms with van der Waals surface area (Å²) in [6.07, 6.45) is 1.91. The molecule has 0 bridgehead atoms. The molecule has 0 radical (unpaired) electrons. The van der Waals surface area contributed by atoms with Crippen LogP contribution >= 0.6 is 0 Å². The number of anilines is 1. The number of nitrogens with zero attached hydrogens (tertiary/aromatic N) is 2. The summed E-state index contributed by atoms with van der Waals surface area (Å²) < 4.78 is 0. The molecule has 0 aromatic carbocycles. The number of hydrogen-bond donors (Lipinski definition) is 1. The third kappa shape index (κ3) is 4.67. The minimum Gasteiger partial charge on any atom is -0.356 e. The summed E-state index contributed by atoms with van der Waals surface area (Å²) in [6.45, 7) is 15.2. The summed E-state index contributed by atoms with van der Waals surface area (Å²) >= 11 is 0. The van der Waals surface area contributed by atoms with E-state index in [2.05, 4.69) is 55.7 Å². The molecule has 1 aromatic heterocycles. The van der Waals surface area contributed by atoms with Crippen LogP contribution in [0.4, 0.5) is 5.82 Å². The van der Waals surface area contributed by atoms with Crippen molar-refractivity contribution in [2.45, 2.75) is 34.2 Å². The van der Waals surface area contributed by atoms with Crippen LogP contribution in [0.25, 0.3) is 0 Å². The van der Waals surface area contributed by atoms with Gasteiger partial charge in [-0.3, -0.25) is 0 Å². The highest BCUT2D eigenvalue weighted by Crippen LogP contribution is 2.21. The highest BCUT2D eigenvalue weighted by Gasteiger charge is 2.12. The Bertz CT molecular complexity index is 424. The van der Waals surface area contributed by atoms with Crippen LogP contribution in [-0.2, 0) is 6.54 Å². The van der Waals surface area contributed by atoms with E-state index in [9.17, 15) is 0 Å². The smallest absolute Gasteiger partial charge is 0.133 e. The molecule has 0 aliphatic heterocycles. The summed E-state index contributed by atoms with van der Waals surface area (Å²) in [5, 5.41) is 3.51. The van der Waals surface area contributed by atoms with Gasteiger partial charge in [-0.05, 0) is 37.9 Å². The Balaban J connectivity index is 2.95. The van der Waals surface area contributed by atoms with Crippen LogP contribution in [0.3, 0.4) is 0 Å². The summed E-state index contributed by atoms with van der Waals surface area (Å²) in [6, 6.07) is 2.15. The van der Waals surface area contributed by atoms with Crippen molar-refractivity contribution in [1.82, 2.24) is 10.3 Å². The summed E-state index contributed by atoms with van der Waals surface area (Å²) in [4.78, 5) is 6.84. The molecule has 0 aliphatic rings. The first-order valence-electron chi connectivity index (χ1n) is 6.95. The predicted molar refractivity (Wildman–Crippen MR) is 83.7 cm³/mol. The van der Waals surface area contributed by atoms with E-state index in [1.165, 1.54) is 11.1 Å². The minimum absolute atomic E-state index is 0.660. The Morgan fingerprint density at radius 3 is 2.68 bits per heavy atom. The molecular weight excluding hydrogens is 234 g/mol. The first kappa shape index (κ1) is 15.7. The first-order valence-corrected chi connectivity index (χ1v) is 6.95. The molecule has 0 saturated carbocycles. The molecule has 0 atom stereocenters. The topological polar surface area (TPSA) is 28.2 Å². The van der Waals surface area contributed by atoms with E-state index in [0.717, 1.165) is 31.1 Å². The molecule has 19 heavy (non-hydrogen) atoms. The lowest BCUT2D eigenvalue weighted by molar-refractivity contribution is 0.551. The number of hydrogen-bond acceptors (Lipinski definition) is 3. The second-order valence-electron chi connectivity index (χ2n) is 5.58. The number of aromatic nitrogens is 1. The average molecular weight is 261 g/mol. The van der Waals surface area contributed by atoms with E-state index in [0.29, 0.717) is 5.92 Å². The summed E-state index contributed by atoms with van der Waals surface area (Å²) in [5.74, 6) is 1.72. The molecule has 1 N–H and O–H groups in total. The third-order valence-corrected chi connectivity index (χ3v) is 3.07. The van der Waals surface area contributed by atoms with Gasteiger partial charge in [-0.25, -0.2) is 4.98 Å². The normalized spacial score (nSPS) is 10.8. The lowest BCUT2D eigenvalue weighted by Gasteiger charge is -2.22. The molecule has 0 spiro atoms. The Morgan fingerprint density at radius 2 is 2.11 bits per heavy atom. The van der Waals surface area contributed by atoms with Crippen molar-refractivity contribution in [1.29, 1.82) is 0 Å². The van der Waals surface area contributed by atoms with Crippen molar-refractivity contribution >= 4 is 5.82 Å². The number of nitrogens with one attached hydrogen (secondary N) is 1. The van der Waals surface area contributed by atoms with Gasteiger partial charge in [0, 0.05) is 31.4 Å². The first-order chi connectivity index (χ1) is 8.95. The Hall–Kier alpha value is -1.35. The van der Waals surface area contributed by atoms with E-state index >= 15 is 0 Å². The molecule has 0 saturated heterocycles. The fourth-order valence-corrected chi connectivity index (χ4v) is 2.14. The van der Waals surface area contributed by atoms with Crippen LogP contribution in [0.1, 0.15) is 30.7 Å². The SMILES string of the molecule is C=CCN(C)c1nc(C)cc(C)c1CNCC(C)C. The van der Waals surface area contributed by atoms with Gasteiger partial charge in [0.25, 0.3) is 0 Å². The molecule has 0 amide bonds. The van der Waals surface area contributed by atoms with Crippen LogP contribution < -0.4 is 10.2 Å². The van der Waals surface area contributed by atoms with Crippen molar-refractivity contribution in [3.05, 3.63) is 35.5 Å². The predicted octanol–water partition coefficient (Wildman–Crippen LogP) is 3.07. The van der Waals surface area contributed by atoms with E-state index < -0.39 is 0 Å². The van der Waals surface area contributed by atoms with Gasteiger partial charge in [0.15, 0.2) is 0 Å². The monoisotopic (exact) mass is 261 g/mol. The highest BCUT2D eigenvalue weighted by atomic mass is 15.2. The fourth-order valence-electron chi connectivity index (χ4n) is 2.14. The van der Waals surface area contributed by atoms with Gasteiger partial charge in [-0.2, -0.15) is 0 Å². The van der Waals surface area contributed by atoms with E-state index in [1.807, 2.05) is 13.0 Å². The maximum absolute atomic E-state index is 4.69. The zero-order chi connectivity index (χ0) is 14.4. The van der Waals surface area contributed by atoms with E-state index in [4.69, 9.17) is 0 Å². The molecule has 1 heterocycles. The van der Waals surface area contributed by atoms with Crippen LogP contribution in [0.5, 0.6) is 0 Å². The molecule has 1 aromatic rings. The van der Waals surface area contributed by atoms with Gasteiger partial charge in [0.2, 0.25) is 0 Å². The average Bonchev–Trinajstić information content (AvgIpc) is 2.31. The van der Waals surface area contributed by atoms with Crippen LogP contribution in [0.2, 0.25) is 0 Å². The van der Waals surface area contributed by atoms with Gasteiger partial charge in [0.05, 0.1) is 0 Å². The maximum Gasteiger partial charge on any atom is 0.133 e. The lowest BCUT2D eigenvalue weighted by atomic mass is 10.1. The van der Waals surface area contributed by atoms with Gasteiger partial charge in [-0.1, -0.05) is 19.9 Å². The number of aryl methyl sites for hydroxylation is 2. The molecule has 1 rings (SSSR count). The molecule has 3 nitrogen and oxygen atoms in total. The Kier molecular flexibility index (Phi) is 6.03. The molecular formula is C16H27N3. The maximum atomic E-state index is 4.69. The molecule has 106 valence electrons. The van der Waals surface area contributed by atoms with E-state index in [-0.39, 0.29) is 0 Å². The largest absolute Gasteiger partial charge is 0.356 e. The van der Waals surface area contributed by atoms with E-state index in [1.54, 1.807) is 0 Å². The second kappa shape index (κ2) is 7.29. The quantitative estimate of drug-likeness (QED) is 0.765. The van der Waals surface area contributed by atoms with Gasteiger partial charge < -0.3 is 10.2 Å². The van der Waals surface area contributed by atoms with Crippen LogP contribution in [0, 0.1) is 19.8 Å². The lowest BCUT2D eigenvalue weighted by Crippen LogP contribution is -2.25. The third-order valence-electron chi connectivity index (χ3n) is 3.07. The summed E-state index contributed by atoms with van der Waals surface area (Å²) in [7, 11) is 2.06. The van der Waals surface area contributed by atoms with Gasteiger partial charge in [-0.15, -0.1) is 6.58 Å². The number of likely N-dealkylation sites (N-methyl/N-ethyl adjacent to an activating group) is 1. The molecule has 0 aliphatic carbocycles. The summed E-state index contributed by atoms with van der Waals surface area (Å²) in [5.41, 5.74) is 3.65. The van der Waals surface area contributed by atoms with Crippen LogP contribution in [0.15, 0.2) is 18.7 Å². The number of pyridine rings is 1. The van der Waals surface area contributed by atoms with Crippen molar-refractivity contribution < 1.29 is 0 Å². The standard InChI is InChI=1S/C16H27N3/c1-7-8-19(6)16-15(11-17-10-12(2)3)13(4)9-14(5)18-16/h7,9,12,17H,1,8,10-11H2,2-6H3. The highest BCUT2D eigenvalue weighted by molar-refractivity contribution is 5.51. The molecule has 0 fully saturated rings. The zero-order valence-corrected chi connectivity index (χ0v) is 13.0. The fraction of sp³-hybridized carbons (Fsp3) is 0.562. The van der Waals surface area contributed by atoms with Crippen molar-refractivity contribution in [2.75, 3.05) is 25.0 Å². The second-order valence-corrected chi connectivity index (χ2v) is 5.58. The van der Waals surface area contributed by atoms with Crippen molar-refractivity contribution in [3.63, 3.8) is 0 Å². The van der Waals surface area contributed by atoms with Gasteiger partial charge >= 0.3 is 0 Å². The zero-order valence-electron chi connectivity index (χ0n) is 13.0. The van der Waals surface area contributed by atoms with Crippen molar-refractivity contribution in [2.24, 2.45) is 5.92 Å². The van der Waals surface area contributed by atoms with Crippen LogP contribution in [-0.4, -0.2) is 25.1 Å². The molecule has 0 unspecified atom stereocenters. The van der Waals surface area contributed by atoms with Gasteiger partial charge in [0.1, 0.15) is 5.82 Å². The number of rotatable bonds is 7. The Labute approximate surface area is 117 Å². The minimum atomic E-state index is 0.660. The molecule has 3 heteroatoms. The Morgan fingerprint density at radius 1 is 1.42 bits per heavy atom.